The molecule has 1 unspecified atom stereocenters. The van der Waals surface area contributed by atoms with Crippen molar-refractivity contribution in [2.24, 2.45) is 0 Å². The van der Waals surface area contributed by atoms with Crippen LogP contribution < -0.4 is 21.2 Å². The molecular weight excluding hydrogens is 548 g/mol. The maximum atomic E-state index is 12.2. The third-order valence-electron chi connectivity index (χ3n) is 3.27. The molecule has 0 fully saturated rings. The first-order valence-corrected chi connectivity index (χ1v) is 14.0. The molecule has 0 rings (SSSR count). The number of alkyl halides is 1. The summed E-state index contributed by atoms with van der Waals surface area (Å²) in [6, 6.07) is 0. The van der Waals surface area contributed by atoms with Crippen LogP contribution in [-0.4, -0.2) is 38.7 Å². The summed E-state index contributed by atoms with van der Waals surface area (Å²) in [7, 11) is 1.62. The number of rotatable bonds is 11. The van der Waals surface area contributed by atoms with Crippen LogP contribution >= 0.6 is 20.7 Å². The van der Waals surface area contributed by atoms with Gasteiger partial charge in [-0.15, -0.1) is 0 Å². The summed E-state index contributed by atoms with van der Waals surface area (Å²) in [5.41, 5.74) is -0.975. The van der Waals surface area contributed by atoms with Crippen LogP contribution in [0, 0.1) is 0 Å². The summed E-state index contributed by atoms with van der Waals surface area (Å²) < 4.78 is 10.4. The molecule has 0 heterocycles. The fourth-order valence-electron chi connectivity index (χ4n) is 1.90. The monoisotopic (exact) mass is 578 g/mol. The summed E-state index contributed by atoms with van der Waals surface area (Å²) in [6.07, 6.45) is 7.29. The Balaban J connectivity index is 4.81. The predicted molar refractivity (Wildman–Crippen MR) is 107 cm³/mol. The van der Waals surface area contributed by atoms with Gasteiger partial charge in [-0.1, -0.05) is 0 Å². The topological polar surface area (TPSA) is 55.8 Å². The molecule has 0 aliphatic carbocycles. The molecule has 0 aromatic carbocycles. The molecule has 0 spiro atoms. The van der Waals surface area contributed by atoms with Crippen LogP contribution in [0.4, 0.5) is 0 Å². The minimum absolute atomic E-state index is 0.291. The molecular formula is C18H30I2NO4-. The molecule has 0 aromatic rings. The maximum absolute atomic E-state index is 12.2. The second-order valence-electron chi connectivity index (χ2n) is 5.56. The van der Waals surface area contributed by atoms with Crippen molar-refractivity contribution in [3.63, 3.8) is 0 Å². The van der Waals surface area contributed by atoms with Gasteiger partial charge in [-0.25, -0.2) is 0 Å². The van der Waals surface area contributed by atoms with Crippen molar-refractivity contribution in [3.05, 3.63) is 19.8 Å². The Morgan fingerprint density at radius 2 is 1.92 bits per heavy atom. The molecule has 7 heteroatoms. The molecule has 5 nitrogen and oxygen atoms in total. The van der Waals surface area contributed by atoms with Crippen LogP contribution in [0.3, 0.4) is 0 Å². The van der Waals surface area contributed by atoms with Gasteiger partial charge in [0.15, 0.2) is 0 Å². The number of unbranched alkanes of at least 4 members (excludes halogenated alkanes) is 1. The Hall–Kier alpha value is -0.290. The average molecular weight is 578 g/mol. The quantitative estimate of drug-likeness (QED) is 0.0921. The van der Waals surface area contributed by atoms with E-state index in [2.05, 4.69) is 19.9 Å². The number of carbonyl (C=O) groups excluding carboxylic acids is 2. The number of hydrogen-bond acceptors (Lipinski definition) is 5. The molecule has 0 bridgehead atoms. The van der Waals surface area contributed by atoms with Crippen molar-refractivity contribution in [2.45, 2.75) is 59.1 Å². The van der Waals surface area contributed by atoms with E-state index in [1.54, 1.807) is 18.0 Å². The van der Waals surface area contributed by atoms with Crippen LogP contribution in [0.1, 0.15) is 53.4 Å². The number of carbonyl (C=O) groups is 2. The molecule has 0 aliphatic heterocycles. The van der Waals surface area contributed by atoms with Crippen molar-refractivity contribution in [3.8, 4) is 0 Å². The summed E-state index contributed by atoms with van der Waals surface area (Å²) in [4.78, 5) is 31.1. The molecule has 0 saturated heterocycles. The standard InChI is InChI=1S/C18H30I2NO4/c1-7-9-10-15(3)20-13-11-16(22)24-18(4,12-8-2)21(6)25-17(23)14-19-5/h10-11,13-14H,7-9,12H2,1-6H3/q-1/b13-11-,15-10-. The number of nitrogens with zero attached hydrogens (tertiary/aromatic N) is 1. The first kappa shape index (κ1) is 24.7. The van der Waals surface area contributed by atoms with Crippen molar-refractivity contribution >= 4 is 36.7 Å². The van der Waals surface area contributed by atoms with Crippen LogP contribution in [0.25, 0.3) is 0 Å². The second-order valence-corrected chi connectivity index (χ2v) is 10.5. The third-order valence-corrected chi connectivity index (χ3v) is 6.55. The van der Waals surface area contributed by atoms with E-state index in [4.69, 9.17) is 9.57 Å². The van der Waals surface area contributed by atoms with Crippen molar-refractivity contribution in [1.82, 2.24) is 5.06 Å². The Kier molecular flexibility index (Phi) is 13.7. The average Bonchev–Trinajstić information content (AvgIpc) is 2.53. The molecule has 0 amide bonds. The summed E-state index contributed by atoms with van der Waals surface area (Å²) >= 11 is -0.585. The van der Waals surface area contributed by atoms with E-state index >= 15 is 0 Å². The van der Waals surface area contributed by atoms with E-state index < -0.39 is 17.7 Å². The predicted octanol–water partition coefficient (Wildman–Crippen LogP) is 1.15. The SMILES string of the molecule is CCC/C=C(/C)[I-]/C=C\C(=O)OC(C)(CCC)N(C)OC(=O)C=IC. The van der Waals surface area contributed by atoms with Gasteiger partial charge in [0.05, 0.1) is 0 Å². The van der Waals surface area contributed by atoms with Gasteiger partial charge in [-0.05, 0) is 0 Å². The summed E-state index contributed by atoms with van der Waals surface area (Å²) in [5.74, 6) is -0.803. The molecule has 146 valence electrons. The Morgan fingerprint density at radius 3 is 2.48 bits per heavy atom. The van der Waals surface area contributed by atoms with E-state index in [-0.39, 0.29) is 41.9 Å². The summed E-state index contributed by atoms with van der Waals surface area (Å²) in [5, 5.41) is 1.35. The number of halogens is 2. The molecule has 0 aliphatic rings. The molecule has 0 radical (unpaired) electrons. The van der Waals surface area contributed by atoms with E-state index in [1.807, 2.05) is 15.9 Å². The third kappa shape index (κ3) is 11.1. The van der Waals surface area contributed by atoms with Gasteiger partial charge < -0.3 is 0 Å². The van der Waals surface area contributed by atoms with Gasteiger partial charge in [-0.2, -0.15) is 0 Å². The Morgan fingerprint density at radius 1 is 1.24 bits per heavy atom. The minimum atomic E-state index is -0.975. The van der Waals surface area contributed by atoms with Gasteiger partial charge in [0.1, 0.15) is 0 Å². The van der Waals surface area contributed by atoms with Gasteiger partial charge in [0.2, 0.25) is 0 Å². The van der Waals surface area contributed by atoms with Crippen LogP contribution in [-0.2, 0) is 19.2 Å². The van der Waals surface area contributed by atoms with Gasteiger partial charge in [0.25, 0.3) is 0 Å². The van der Waals surface area contributed by atoms with Gasteiger partial charge in [-0.3, -0.25) is 0 Å². The van der Waals surface area contributed by atoms with Crippen LogP contribution in [0.15, 0.2) is 19.8 Å². The normalized spacial score (nSPS) is 15.4. The second kappa shape index (κ2) is 13.9. The Labute approximate surface area is 172 Å². The zero-order valence-corrected chi connectivity index (χ0v) is 20.3. The molecule has 0 N–H and O–H groups in total. The first-order valence-electron chi connectivity index (χ1n) is 8.25. The zero-order valence-electron chi connectivity index (χ0n) is 16.0. The molecule has 1 atom stereocenters. The first-order chi connectivity index (χ1) is 11.8. The van der Waals surface area contributed by atoms with Crippen LogP contribution in [0.5, 0.6) is 0 Å². The summed E-state index contributed by atoms with van der Waals surface area (Å²) in [6.45, 7) is 8.00. The van der Waals surface area contributed by atoms with E-state index in [1.165, 1.54) is 14.7 Å². The number of allylic oxidation sites excluding steroid dienone is 2. The van der Waals surface area contributed by atoms with Gasteiger partial charge >= 0.3 is 173 Å². The fraction of sp³-hybridized carbons (Fsp3) is 0.611. The number of hydrogen-bond donors (Lipinski definition) is 0. The van der Waals surface area contributed by atoms with Gasteiger partial charge in [0, 0.05) is 0 Å². The van der Waals surface area contributed by atoms with Crippen molar-refractivity contribution in [1.29, 1.82) is 0 Å². The zero-order chi connectivity index (χ0) is 19.3. The Bertz CT molecular complexity index is 517. The van der Waals surface area contributed by atoms with Crippen molar-refractivity contribution < 1.29 is 40.4 Å². The number of esters is 1. The number of ether oxygens (including phenoxy) is 1. The molecule has 25 heavy (non-hydrogen) atoms. The van der Waals surface area contributed by atoms with E-state index in [0.29, 0.717) is 6.42 Å². The fourth-order valence-corrected chi connectivity index (χ4v) is 4.13. The molecule has 0 saturated carbocycles. The van der Waals surface area contributed by atoms with E-state index in [0.717, 1.165) is 19.3 Å². The number of hydroxylamine groups is 2. The van der Waals surface area contributed by atoms with Crippen LogP contribution in [0.2, 0.25) is 0 Å². The van der Waals surface area contributed by atoms with E-state index in [9.17, 15) is 9.59 Å². The van der Waals surface area contributed by atoms with Crippen molar-refractivity contribution in [2.75, 3.05) is 12.0 Å². The molecule has 0 aromatic heterocycles.